The molecule has 2 unspecified atom stereocenters. The van der Waals surface area contributed by atoms with Crippen molar-refractivity contribution in [2.75, 3.05) is 38.5 Å². The van der Waals surface area contributed by atoms with Crippen molar-refractivity contribution >= 4 is 11.6 Å². The second kappa shape index (κ2) is 8.04. The Balaban J connectivity index is 1.84. The smallest absolute Gasteiger partial charge is 0.198 e. The first-order valence-corrected chi connectivity index (χ1v) is 9.30. The van der Waals surface area contributed by atoms with E-state index >= 15 is 0 Å². The first kappa shape index (κ1) is 18.0. The number of halogens is 1. The summed E-state index contributed by atoms with van der Waals surface area (Å²) in [5, 5.41) is 13.3. The molecule has 1 aliphatic carbocycles. The molecule has 3 rings (SSSR count). The Morgan fingerprint density at radius 3 is 2.64 bits per heavy atom. The zero-order chi connectivity index (χ0) is 17.8. The van der Waals surface area contributed by atoms with Gasteiger partial charge in [-0.25, -0.2) is 9.38 Å². The molecule has 1 saturated heterocycles. The number of rotatable bonds is 2. The Morgan fingerprint density at radius 1 is 1.20 bits per heavy atom. The summed E-state index contributed by atoms with van der Waals surface area (Å²) < 4.78 is 13.6. The fraction of sp³-hybridized carbons (Fsp3) is 0.632. The van der Waals surface area contributed by atoms with E-state index in [-0.39, 0.29) is 17.6 Å². The van der Waals surface area contributed by atoms with E-state index in [2.05, 4.69) is 29.1 Å². The van der Waals surface area contributed by atoms with Crippen molar-refractivity contribution in [2.24, 2.45) is 10.9 Å². The highest BCUT2D eigenvalue weighted by molar-refractivity contribution is 5.95. The number of phenols is 1. The zero-order valence-electron chi connectivity index (χ0n) is 15.2. The van der Waals surface area contributed by atoms with E-state index in [1.165, 1.54) is 37.5 Å². The number of hydrogen-bond acceptors (Lipinski definition) is 3. The molecule has 0 bridgehead atoms. The molecule has 0 aromatic heterocycles. The Morgan fingerprint density at radius 2 is 1.92 bits per heavy atom. The lowest BCUT2D eigenvalue weighted by Gasteiger charge is -2.36. The number of hydrogen-bond donors (Lipinski definition) is 2. The molecule has 0 spiro atoms. The number of aromatic hydroxyl groups is 1. The largest absolute Gasteiger partial charge is 0.506 e. The van der Waals surface area contributed by atoms with Gasteiger partial charge in [0, 0.05) is 32.2 Å². The number of anilines is 1. The minimum Gasteiger partial charge on any atom is -0.506 e. The van der Waals surface area contributed by atoms with Crippen LogP contribution in [0.1, 0.15) is 32.6 Å². The molecule has 2 aliphatic rings. The maximum Gasteiger partial charge on any atom is 0.198 e. The molecule has 0 amide bonds. The van der Waals surface area contributed by atoms with Gasteiger partial charge >= 0.3 is 0 Å². The lowest BCUT2D eigenvalue weighted by atomic mass is 9.86. The molecule has 1 aromatic rings. The van der Waals surface area contributed by atoms with Crippen molar-refractivity contribution in [1.29, 1.82) is 0 Å². The molecule has 0 radical (unpaired) electrons. The van der Waals surface area contributed by atoms with Crippen LogP contribution in [0, 0.1) is 11.7 Å². The van der Waals surface area contributed by atoms with Crippen LogP contribution in [-0.2, 0) is 0 Å². The van der Waals surface area contributed by atoms with E-state index in [9.17, 15) is 9.50 Å². The summed E-state index contributed by atoms with van der Waals surface area (Å²) in [5.41, 5.74) is 0.376. The van der Waals surface area contributed by atoms with E-state index in [1.54, 1.807) is 0 Å². The Kier molecular flexibility index (Phi) is 5.78. The molecule has 1 aromatic carbocycles. The van der Waals surface area contributed by atoms with Crippen molar-refractivity contribution in [3.05, 3.63) is 24.0 Å². The van der Waals surface area contributed by atoms with Crippen molar-refractivity contribution < 1.29 is 9.50 Å². The molecular formula is C19H29FN4O. The standard InChI is InChI=1S/C19H29FN4O/c1-14-5-3-4-6-16(14)21-19(24-11-9-23(2)10-12-24)22-17-13-15(20)7-8-18(17)25/h7-8,13-14,16,25H,3-6,9-12H2,1-2H3,(H,21,22). The first-order valence-electron chi connectivity index (χ1n) is 9.30. The first-order chi connectivity index (χ1) is 12.0. The number of guanidine groups is 1. The summed E-state index contributed by atoms with van der Waals surface area (Å²) in [6, 6.07) is 4.25. The van der Waals surface area contributed by atoms with Crippen LogP contribution < -0.4 is 5.32 Å². The number of benzene rings is 1. The van der Waals surface area contributed by atoms with Crippen LogP contribution in [0.15, 0.2) is 23.2 Å². The van der Waals surface area contributed by atoms with Crippen LogP contribution in [0.25, 0.3) is 0 Å². The van der Waals surface area contributed by atoms with Crippen molar-refractivity contribution in [3.63, 3.8) is 0 Å². The van der Waals surface area contributed by atoms with Gasteiger partial charge in [-0.05, 0) is 37.9 Å². The average molecular weight is 348 g/mol. The molecule has 5 nitrogen and oxygen atoms in total. The summed E-state index contributed by atoms with van der Waals surface area (Å²) in [5.74, 6) is 0.982. The Hall–Kier alpha value is -1.82. The predicted octanol–water partition coefficient (Wildman–Crippen LogP) is 3.13. The SMILES string of the molecule is CC1CCCCC1N=C(Nc1cc(F)ccc1O)N1CCN(C)CC1. The third-order valence-corrected chi connectivity index (χ3v) is 5.36. The van der Waals surface area contributed by atoms with Crippen LogP contribution in [0.2, 0.25) is 0 Å². The average Bonchev–Trinajstić information content (AvgIpc) is 2.60. The monoisotopic (exact) mass is 348 g/mol. The van der Waals surface area contributed by atoms with E-state index in [1.807, 2.05) is 0 Å². The second-order valence-electron chi connectivity index (χ2n) is 7.36. The summed E-state index contributed by atoms with van der Waals surface area (Å²) in [6.07, 6.45) is 4.78. The van der Waals surface area contributed by atoms with Crippen LogP contribution in [0.4, 0.5) is 10.1 Å². The number of phenolic OH excluding ortho intramolecular Hbond substituents is 1. The molecule has 1 saturated carbocycles. The van der Waals surface area contributed by atoms with Gasteiger partial charge in [-0.2, -0.15) is 0 Å². The molecule has 2 N–H and O–H groups in total. The summed E-state index contributed by atoms with van der Waals surface area (Å²) in [7, 11) is 2.11. The van der Waals surface area contributed by atoms with E-state index in [0.29, 0.717) is 11.6 Å². The van der Waals surface area contributed by atoms with Gasteiger partial charge in [-0.3, -0.25) is 0 Å². The highest BCUT2D eigenvalue weighted by Crippen LogP contribution is 2.28. The number of nitrogens with zero attached hydrogens (tertiary/aromatic N) is 3. The number of piperazine rings is 1. The maximum absolute atomic E-state index is 13.6. The second-order valence-corrected chi connectivity index (χ2v) is 7.36. The Bertz CT molecular complexity index is 613. The number of likely N-dealkylation sites (N-methyl/N-ethyl adjacent to an activating group) is 1. The Labute approximate surface area is 149 Å². The van der Waals surface area contributed by atoms with Gasteiger partial charge in [0.15, 0.2) is 5.96 Å². The predicted molar refractivity (Wildman–Crippen MR) is 99.6 cm³/mol. The maximum atomic E-state index is 13.6. The van der Waals surface area contributed by atoms with E-state index < -0.39 is 0 Å². The summed E-state index contributed by atoms with van der Waals surface area (Å²) in [6.45, 7) is 5.94. The van der Waals surface area contributed by atoms with Crippen molar-refractivity contribution in [3.8, 4) is 5.75 Å². The number of aliphatic imine (C=N–C) groups is 1. The van der Waals surface area contributed by atoms with Gasteiger partial charge in [-0.15, -0.1) is 0 Å². The minimum atomic E-state index is -0.371. The lowest BCUT2D eigenvalue weighted by molar-refractivity contribution is 0.213. The van der Waals surface area contributed by atoms with Gasteiger partial charge in [0.2, 0.25) is 0 Å². The van der Waals surface area contributed by atoms with Crippen LogP contribution >= 0.6 is 0 Å². The van der Waals surface area contributed by atoms with Gasteiger partial charge in [0.05, 0.1) is 11.7 Å². The van der Waals surface area contributed by atoms with Crippen LogP contribution in [0.3, 0.4) is 0 Å². The minimum absolute atomic E-state index is 0.0416. The van der Waals surface area contributed by atoms with E-state index in [0.717, 1.165) is 38.6 Å². The third-order valence-electron chi connectivity index (χ3n) is 5.36. The number of nitrogens with one attached hydrogen (secondary N) is 1. The third kappa shape index (κ3) is 4.63. The fourth-order valence-corrected chi connectivity index (χ4v) is 3.59. The molecular weight excluding hydrogens is 319 g/mol. The van der Waals surface area contributed by atoms with Gasteiger partial charge in [0.1, 0.15) is 11.6 Å². The molecule has 2 atom stereocenters. The van der Waals surface area contributed by atoms with Crippen molar-refractivity contribution in [2.45, 2.75) is 38.6 Å². The van der Waals surface area contributed by atoms with Gasteiger partial charge < -0.3 is 20.2 Å². The normalized spacial score (nSPS) is 25.9. The van der Waals surface area contributed by atoms with Gasteiger partial charge in [-0.1, -0.05) is 19.8 Å². The molecule has 138 valence electrons. The molecule has 6 heteroatoms. The fourth-order valence-electron chi connectivity index (χ4n) is 3.59. The van der Waals surface area contributed by atoms with Crippen molar-refractivity contribution in [1.82, 2.24) is 9.80 Å². The van der Waals surface area contributed by atoms with Gasteiger partial charge in [0.25, 0.3) is 0 Å². The molecule has 1 heterocycles. The quantitative estimate of drug-likeness (QED) is 0.490. The van der Waals surface area contributed by atoms with E-state index in [4.69, 9.17) is 4.99 Å². The topological polar surface area (TPSA) is 51.1 Å². The summed E-state index contributed by atoms with van der Waals surface area (Å²) >= 11 is 0. The summed E-state index contributed by atoms with van der Waals surface area (Å²) in [4.78, 5) is 9.51. The molecule has 25 heavy (non-hydrogen) atoms. The van der Waals surface area contributed by atoms with Crippen LogP contribution in [-0.4, -0.2) is 60.1 Å². The zero-order valence-corrected chi connectivity index (χ0v) is 15.2. The molecule has 1 aliphatic heterocycles. The lowest BCUT2D eigenvalue weighted by Crippen LogP contribution is -2.49. The molecule has 2 fully saturated rings. The highest BCUT2D eigenvalue weighted by atomic mass is 19.1. The highest BCUT2D eigenvalue weighted by Gasteiger charge is 2.24. The van der Waals surface area contributed by atoms with Crippen LogP contribution in [0.5, 0.6) is 5.75 Å².